The molecule has 0 saturated carbocycles. The Morgan fingerprint density at radius 1 is 0.667 bits per heavy atom. The molecule has 0 bridgehead atoms. The molecule has 0 heterocycles. The molecule has 18 heavy (non-hydrogen) atoms. The molecule has 0 aliphatic heterocycles. The number of rotatable bonds is 0. The van der Waals surface area contributed by atoms with E-state index >= 15 is 0 Å². The van der Waals surface area contributed by atoms with Crippen molar-refractivity contribution >= 4 is 21.5 Å². The van der Waals surface area contributed by atoms with E-state index in [2.05, 4.69) is 75.4 Å². The highest BCUT2D eigenvalue weighted by atomic mass is 14.2. The number of benzene rings is 3. The summed E-state index contributed by atoms with van der Waals surface area (Å²) in [6.45, 7) is 6.78. The normalized spacial score (nSPS) is 12.2. The van der Waals surface area contributed by atoms with E-state index in [0.29, 0.717) is 0 Å². The molecule has 0 fully saturated rings. The van der Waals surface area contributed by atoms with Gasteiger partial charge in [0.25, 0.3) is 0 Å². The maximum absolute atomic E-state index is 2.32. The summed E-state index contributed by atoms with van der Waals surface area (Å²) in [6, 6.07) is 19.9. The van der Waals surface area contributed by atoms with Gasteiger partial charge in [0.05, 0.1) is 0 Å². The molecule has 0 amide bonds. The highest BCUT2D eigenvalue weighted by Gasteiger charge is 2.13. The summed E-state index contributed by atoms with van der Waals surface area (Å²) in [5.41, 5.74) is 1.60. The van der Waals surface area contributed by atoms with E-state index in [1.165, 1.54) is 27.1 Å². The van der Waals surface area contributed by atoms with Gasteiger partial charge in [-0.3, -0.25) is 0 Å². The molecular formula is C18H18. The van der Waals surface area contributed by atoms with Gasteiger partial charge in [-0.2, -0.15) is 0 Å². The van der Waals surface area contributed by atoms with Crippen LogP contribution in [0.1, 0.15) is 26.3 Å². The van der Waals surface area contributed by atoms with E-state index in [9.17, 15) is 0 Å². The first-order valence-electron chi connectivity index (χ1n) is 6.48. The summed E-state index contributed by atoms with van der Waals surface area (Å²) in [7, 11) is 0. The predicted octanol–water partition coefficient (Wildman–Crippen LogP) is 5.29. The molecule has 0 nitrogen and oxygen atoms in total. The van der Waals surface area contributed by atoms with Gasteiger partial charge in [-0.05, 0) is 32.5 Å². The Kier molecular flexibility index (Phi) is 2.41. The lowest BCUT2D eigenvalue weighted by Crippen LogP contribution is -2.10. The first-order chi connectivity index (χ1) is 8.55. The maximum atomic E-state index is 2.32. The number of hydrogen-bond acceptors (Lipinski definition) is 0. The van der Waals surface area contributed by atoms with Gasteiger partial charge in [-0.25, -0.2) is 0 Å². The minimum atomic E-state index is 0.208. The van der Waals surface area contributed by atoms with E-state index in [1.807, 2.05) is 0 Å². The first-order valence-corrected chi connectivity index (χ1v) is 6.48. The van der Waals surface area contributed by atoms with Crippen LogP contribution in [0.15, 0.2) is 54.6 Å². The van der Waals surface area contributed by atoms with Crippen LogP contribution < -0.4 is 0 Å². The second kappa shape index (κ2) is 3.84. The van der Waals surface area contributed by atoms with Gasteiger partial charge in [-0.1, -0.05) is 75.4 Å². The molecule has 3 aromatic rings. The van der Waals surface area contributed by atoms with Crippen molar-refractivity contribution in [3.8, 4) is 0 Å². The summed E-state index contributed by atoms with van der Waals surface area (Å²) >= 11 is 0. The van der Waals surface area contributed by atoms with Crippen molar-refractivity contribution in [1.29, 1.82) is 0 Å². The van der Waals surface area contributed by atoms with E-state index in [0.717, 1.165) is 0 Å². The minimum absolute atomic E-state index is 0.208. The van der Waals surface area contributed by atoms with Crippen LogP contribution in [-0.2, 0) is 5.41 Å². The Bertz CT molecular complexity index is 715. The lowest BCUT2D eigenvalue weighted by Gasteiger charge is -2.19. The molecule has 3 aromatic carbocycles. The first kappa shape index (κ1) is 11.3. The summed E-state index contributed by atoms with van der Waals surface area (Å²) in [5.74, 6) is 0. The predicted molar refractivity (Wildman–Crippen MR) is 80.2 cm³/mol. The fourth-order valence-corrected chi connectivity index (χ4v) is 2.48. The third-order valence-electron chi connectivity index (χ3n) is 3.61. The smallest absolute Gasteiger partial charge is 0.0105 e. The molecule has 0 atom stereocenters. The molecule has 0 N–H and O–H groups in total. The van der Waals surface area contributed by atoms with E-state index in [1.54, 1.807) is 0 Å². The monoisotopic (exact) mass is 234 g/mol. The lowest BCUT2D eigenvalue weighted by atomic mass is 9.85. The van der Waals surface area contributed by atoms with Crippen molar-refractivity contribution in [1.82, 2.24) is 0 Å². The second-order valence-electron chi connectivity index (χ2n) is 5.97. The van der Waals surface area contributed by atoms with Crippen LogP contribution in [0, 0.1) is 0 Å². The van der Waals surface area contributed by atoms with Gasteiger partial charge in [0.1, 0.15) is 0 Å². The molecule has 0 radical (unpaired) electrons. The fraction of sp³-hybridized carbons (Fsp3) is 0.222. The Labute approximate surface area is 108 Å². The highest BCUT2D eigenvalue weighted by Crippen LogP contribution is 2.30. The maximum Gasteiger partial charge on any atom is -0.0105 e. The molecule has 0 unspecified atom stereocenters. The van der Waals surface area contributed by atoms with Crippen LogP contribution in [0.4, 0.5) is 0 Å². The van der Waals surface area contributed by atoms with Crippen molar-refractivity contribution < 1.29 is 0 Å². The van der Waals surface area contributed by atoms with Gasteiger partial charge in [0.2, 0.25) is 0 Å². The van der Waals surface area contributed by atoms with Crippen molar-refractivity contribution in [3.63, 3.8) is 0 Å². The van der Waals surface area contributed by atoms with Crippen molar-refractivity contribution in [3.05, 3.63) is 60.2 Å². The largest absolute Gasteiger partial charge is 0.0616 e. The fourth-order valence-electron chi connectivity index (χ4n) is 2.48. The summed E-state index contributed by atoms with van der Waals surface area (Å²) < 4.78 is 0. The second-order valence-corrected chi connectivity index (χ2v) is 5.97. The Hall–Kier alpha value is -1.82. The molecule has 0 aromatic heterocycles. The van der Waals surface area contributed by atoms with Gasteiger partial charge >= 0.3 is 0 Å². The van der Waals surface area contributed by atoms with Crippen molar-refractivity contribution in [2.75, 3.05) is 0 Å². The van der Waals surface area contributed by atoms with Crippen LogP contribution in [0.3, 0.4) is 0 Å². The van der Waals surface area contributed by atoms with E-state index < -0.39 is 0 Å². The Morgan fingerprint density at radius 2 is 1.33 bits per heavy atom. The van der Waals surface area contributed by atoms with E-state index in [4.69, 9.17) is 0 Å². The highest BCUT2D eigenvalue weighted by molar-refractivity contribution is 6.07. The Morgan fingerprint density at radius 3 is 2.11 bits per heavy atom. The van der Waals surface area contributed by atoms with Crippen LogP contribution >= 0.6 is 0 Å². The zero-order chi connectivity index (χ0) is 12.8. The molecule has 0 aliphatic carbocycles. The van der Waals surface area contributed by atoms with Gasteiger partial charge in [-0.15, -0.1) is 0 Å². The van der Waals surface area contributed by atoms with E-state index in [-0.39, 0.29) is 5.41 Å². The average molecular weight is 234 g/mol. The van der Waals surface area contributed by atoms with Crippen molar-refractivity contribution in [2.24, 2.45) is 0 Å². The molecule has 0 spiro atoms. The zero-order valence-corrected chi connectivity index (χ0v) is 11.2. The topological polar surface area (TPSA) is 0 Å². The van der Waals surface area contributed by atoms with Gasteiger partial charge in [0, 0.05) is 0 Å². The summed E-state index contributed by atoms with van der Waals surface area (Å²) in [6.07, 6.45) is 0. The number of fused-ring (bicyclic) bond motifs is 3. The molecule has 90 valence electrons. The number of hydrogen-bond donors (Lipinski definition) is 0. The Balaban J connectivity index is 2.35. The van der Waals surface area contributed by atoms with Crippen LogP contribution in [0.2, 0.25) is 0 Å². The standard InChI is InChI=1S/C18H18/c1-18(2,3)15-10-11-17-14(12-15)9-8-13-6-4-5-7-16(13)17/h4-12H,1-3H3. The molecule has 0 aliphatic rings. The minimum Gasteiger partial charge on any atom is -0.0616 e. The average Bonchev–Trinajstić information content (AvgIpc) is 2.37. The van der Waals surface area contributed by atoms with Crippen LogP contribution in [0.5, 0.6) is 0 Å². The molecule has 0 saturated heterocycles. The summed E-state index contributed by atoms with van der Waals surface area (Å²) in [5, 5.41) is 5.34. The third-order valence-corrected chi connectivity index (χ3v) is 3.61. The van der Waals surface area contributed by atoms with Crippen LogP contribution in [-0.4, -0.2) is 0 Å². The zero-order valence-electron chi connectivity index (χ0n) is 11.2. The third kappa shape index (κ3) is 1.78. The molecule has 3 rings (SSSR count). The SMILES string of the molecule is CC(C)(C)c1ccc2c(ccc3ccccc32)c1. The van der Waals surface area contributed by atoms with Crippen molar-refractivity contribution in [2.45, 2.75) is 26.2 Å². The van der Waals surface area contributed by atoms with Gasteiger partial charge < -0.3 is 0 Å². The lowest BCUT2D eigenvalue weighted by molar-refractivity contribution is 0.591. The summed E-state index contributed by atoms with van der Waals surface area (Å²) in [4.78, 5) is 0. The van der Waals surface area contributed by atoms with Gasteiger partial charge in [0.15, 0.2) is 0 Å². The van der Waals surface area contributed by atoms with Crippen LogP contribution in [0.25, 0.3) is 21.5 Å². The quantitative estimate of drug-likeness (QED) is 0.463. The molecular weight excluding hydrogens is 216 g/mol. The molecule has 0 heteroatoms.